The molecule has 2 atom stereocenters. The Hall–Kier alpha value is -0.220. The number of aliphatic hydroxyl groups is 1. The number of hydrogen-bond donors (Lipinski definition) is 1. The second-order valence-electron chi connectivity index (χ2n) is 9.44. The zero-order valence-electron chi connectivity index (χ0n) is 14.1. The predicted molar refractivity (Wildman–Crippen MR) is 81.9 cm³/mol. The summed E-state index contributed by atoms with van der Waals surface area (Å²) in [5.41, 5.74) is -1.47. The number of halogens is 2. The first-order chi connectivity index (χ1) is 10.0. The second-order valence-corrected chi connectivity index (χ2v) is 9.44. The first-order valence-electron chi connectivity index (χ1n) is 8.71. The summed E-state index contributed by atoms with van der Waals surface area (Å²) in [5.74, 6) is -1.47. The van der Waals surface area contributed by atoms with Gasteiger partial charge < -0.3 is 9.84 Å². The molecule has 4 fully saturated rings. The molecule has 22 heavy (non-hydrogen) atoms. The van der Waals surface area contributed by atoms with Gasteiger partial charge in [-0.15, -0.1) is 0 Å². The molecule has 4 aliphatic carbocycles. The van der Waals surface area contributed by atoms with Crippen molar-refractivity contribution in [1.82, 2.24) is 0 Å². The highest BCUT2D eigenvalue weighted by atomic mass is 19.3. The maximum absolute atomic E-state index is 14.0. The number of rotatable bonds is 5. The Morgan fingerprint density at radius 3 is 2.18 bits per heavy atom. The first kappa shape index (κ1) is 16.6. The van der Waals surface area contributed by atoms with Gasteiger partial charge in [-0.05, 0) is 55.8 Å². The van der Waals surface area contributed by atoms with Gasteiger partial charge in [0, 0.05) is 11.8 Å². The lowest BCUT2D eigenvalue weighted by Gasteiger charge is -2.60. The van der Waals surface area contributed by atoms with Crippen LogP contribution >= 0.6 is 0 Å². The minimum absolute atomic E-state index is 0.0514. The molecule has 4 rings (SSSR count). The molecule has 1 N–H and O–H groups in total. The number of ether oxygens (including phenoxy) is 1. The van der Waals surface area contributed by atoms with Crippen molar-refractivity contribution < 1.29 is 18.6 Å². The lowest BCUT2D eigenvalue weighted by atomic mass is 9.48. The molecular formula is C18H30F2O2. The standard InChI is InChI=1S/C18H30F2O2/c1-15(2,3)18(19,20)4-5-22-12-16-7-13-6-14(8-16)10-17(21,9-13)11-16/h13-14,21H,4-12H2,1-3H3. The Bertz CT molecular complexity index is 413. The van der Waals surface area contributed by atoms with E-state index in [1.165, 1.54) is 6.42 Å². The van der Waals surface area contributed by atoms with Crippen molar-refractivity contribution in [2.45, 2.75) is 77.2 Å². The van der Waals surface area contributed by atoms with E-state index in [0.717, 1.165) is 32.1 Å². The zero-order chi connectivity index (χ0) is 16.2. The van der Waals surface area contributed by atoms with E-state index in [1.807, 2.05) is 0 Å². The molecule has 0 aromatic heterocycles. The Balaban J connectivity index is 1.52. The van der Waals surface area contributed by atoms with Gasteiger partial charge in [0.1, 0.15) is 0 Å². The van der Waals surface area contributed by atoms with Gasteiger partial charge in [0.05, 0.1) is 18.8 Å². The van der Waals surface area contributed by atoms with Crippen LogP contribution in [-0.2, 0) is 4.74 Å². The molecule has 2 unspecified atom stereocenters. The summed E-state index contributed by atoms with van der Waals surface area (Å²) < 4.78 is 33.6. The van der Waals surface area contributed by atoms with Crippen LogP contribution in [0.3, 0.4) is 0 Å². The summed E-state index contributed by atoms with van der Waals surface area (Å²) in [7, 11) is 0. The largest absolute Gasteiger partial charge is 0.390 e. The topological polar surface area (TPSA) is 29.5 Å². The molecule has 4 aliphatic rings. The van der Waals surface area contributed by atoms with E-state index in [2.05, 4.69) is 0 Å². The van der Waals surface area contributed by atoms with E-state index in [4.69, 9.17) is 4.74 Å². The first-order valence-corrected chi connectivity index (χ1v) is 8.71. The monoisotopic (exact) mass is 316 g/mol. The third kappa shape index (κ3) is 3.06. The summed E-state index contributed by atoms with van der Waals surface area (Å²) in [6, 6.07) is 0. The fraction of sp³-hybridized carbons (Fsp3) is 1.00. The van der Waals surface area contributed by atoms with Crippen molar-refractivity contribution in [2.75, 3.05) is 13.2 Å². The summed E-state index contributed by atoms with van der Waals surface area (Å²) in [6.45, 7) is 5.37. The maximum Gasteiger partial charge on any atom is 0.255 e. The molecular weight excluding hydrogens is 286 g/mol. The van der Waals surface area contributed by atoms with Crippen LogP contribution in [0.1, 0.15) is 65.7 Å². The lowest BCUT2D eigenvalue weighted by Crippen LogP contribution is -2.57. The van der Waals surface area contributed by atoms with Gasteiger partial charge in [0.2, 0.25) is 0 Å². The Labute approximate surface area is 132 Å². The van der Waals surface area contributed by atoms with Gasteiger partial charge >= 0.3 is 0 Å². The minimum Gasteiger partial charge on any atom is -0.390 e. The molecule has 0 saturated heterocycles. The predicted octanol–water partition coefficient (Wildman–Crippen LogP) is 4.41. The molecule has 0 aromatic carbocycles. The van der Waals surface area contributed by atoms with Gasteiger partial charge in [0.25, 0.3) is 5.92 Å². The molecule has 0 aromatic rings. The van der Waals surface area contributed by atoms with Gasteiger partial charge in [-0.1, -0.05) is 20.8 Å². The summed E-state index contributed by atoms with van der Waals surface area (Å²) >= 11 is 0. The average molecular weight is 316 g/mol. The molecule has 4 saturated carbocycles. The highest BCUT2D eigenvalue weighted by Gasteiger charge is 2.57. The molecule has 128 valence electrons. The molecule has 0 aliphatic heterocycles. The fourth-order valence-electron chi connectivity index (χ4n) is 5.43. The highest BCUT2D eigenvalue weighted by Crippen LogP contribution is 2.61. The smallest absolute Gasteiger partial charge is 0.255 e. The van der Waals surface area contributed by atoms with E-state index in [0.29, 0.717) is 18.4 Å². The lowest BCUT2D eigenvalue weighted by molar-refractivity contribution is -0.184. The van der Waals surface area contributed by atoms with Crippen LogP contribution in [0.4, 0.5) is 8.78 Å². The fourth-order valence-corrected chi connectivity index (χ4v) is 5.43. The SMILES string of the molecule is CC(C)(C)C(F)(F)CCOCC12CC3CC(CC(O)(C3)C1)C2. The van der Waals surface area contributed by atoms with Crippen LogP contribution in [0.15, 0.2) is 0 Å². The average Bonchev–Trinajstić information content (AvgIpc) is 2.30. The second kappa shape index (κ2) is 5.14. The van der Waals surface area contributed by atoms with Crippen molar-refractivity contribution in [3.8, 4) is 0 Å². The minimum atomic E-state index is -2.70. The van der Waals surface area contributed by atoms with Crippen LogP contribution in [0.25, 0.3) is 0 Å². The van der Waals surface area contributed by atoms with Crippen molar-refractivity contribution in [3.05, 3.63) is 0 Å². The quantitative estimate of drug-likeness (QED) is 0.762. The zero-order valence-corrected chi connectivity index (χ0v) is 14.1. The third-order valence-electron chi connectivity index (χ3n) is 6.22. The summed E-state index contributed by atoms with van der Waals surface area (Å²) in [6.07, 6.45) is 5.93. The molecule has 0 heterocycles. The van der Waals surface area contributed by atoms with Crippen molar-refractivity contribution >= 4 is 0 Å². The Morgan fingerprint density at radius 2 is 1.68 bits per heavy atom. The van der Waals surface area contributed by atoms with Gasteiger partial charge in [-0.25, -0.2) is 8.78 Å². The van der Waals surface area contributed by atoms with Crippen molar-refractivity contribution in [2.24, 2.45) is 22.7 Å². The van der Waals surface area contributed by atoms with Crippen molar-refractivity contribution in [1.29, 1.82) is 0 Å². The molecule has 4 heteroatoms. The number of hydrogen-bond acceptors (Lipinski definition) is 2. The van der Waals surface area contributed by atoms with E-state index < -0.39 is 16.9 Å². The van der Waals surface area contributed by atoms with Crippen LogP contribution in [-0.4, -0.2) is 29.8 Å². The highest BCUT2D eigenvalue weighted by molar-refractivity contribution is 5.08. The molecule has 0 spiro atoms. The van der Waals surface area contributed by atoms with E-state index in [-0.39, 0.29) is 18.4 Å². The van der Waals surface area contributed by atoms with Gasteiger partial charge in [-0.2, -0.15) is 0 Å². The van der Waals surface area contributed by atoms with Gasteiger partial charge in [-0.3, -0.25) is 0 Å². The van der Waals surface area contributed by atoms with Crippen LogP contribution in [0, 0.1) is 22.7 Å². The molecule has 4 bridgehead atoms. The van der Waals surface area contributed by atoms with E-state index >= 15 is 0 Å². The van der Waals surface area contributed by atoms with Crippen LogP contribution in [0.5, 0.6) is 0 Å². The normalized spacial score (nSPS) is 41.2. The molecule has 2 nitrogen and oxygen atoms in total. The summed E-state index contributed by atoms with van der Waals surface area (Å²) in [5, 5.41) is 10.7. The third-order valence-corrected chi connectivity index (χ3v) is 6.22. The Kier molecular flexibility index (Phi) is 3.88. The van der Waals surface area contributed by atoms with Gasteiger partial charge in [0.15, 0.2) is 0 Å². The number of alkyl halides is 2. The van der Waals surface area contributed by atoms with E-state index in [9.17, 15) is 13.9 Å². The summed E-state index contributed by atoms with van der Waals surface area (Å²) in [4.78, 5) is 0. The maximum atomic E-state index is 14.0. The van der Waals surface area contributed by atoms with E-state index in [1.54, 1.807) is 20.8 Å². The van der Waals surface area contributed by atoms with Crippen molar-refractivity contribution in [3.63, 3.8) is 0 Å². The Morgan fingerprint density at radius 1 is 1.09 bits per heavy atom. The van der Waals surface area contributed by atoms with Crippen LogP contribution < -0.4 is 0 Å². The van der Waals surface area contributed by atoms with Crippen LogP contribution in [0.2, 0.25) is 0 Å². The molecule has 0 radical (unpaired) electrons. The molecule has 0 amide bonds.